The van der Waals surface area contributed by atoms with E-state index in [4.69, 9.17) is 9.47 Å². The van der Waals surface area contributed by atoms with Crippen LogP contribution in [-0.4, -0.2) is 42.7 Å². The molecule has 2 amide bonds. The van der Waals surface area contributed by atoms with Crippen molar-refractivity contribution in [3.8, 4) is 5.75 Å². The minimum Gasteiger partial charge on any atom is -0.491 e. The third-order valence-electron chi connectivity index (χ3n) is 5.36. The van der Waals surface area contributed by atoms with Crippen molar-refractivity contribution in [2.45, 2.75) is 25.2 Å². The third kappa shape index (κ3) is 5.74. The maximum atomic E-state index is 13.0. The van der Waals surface area contributed by atoms with Crippen LogP contribution in [0.15, 0.2) is 84.9 Å². The SMILES string of the molecule is O=Cc1ccc(OC[C@@H]2CN(C(=O)Nc3ccccc3)[C@H](CCc3ccccc3)O2)cc1. The highest BCUT2D eigenvalue weighted by Gasteiger charge is 2.36. The molecule has 0 aromatic heterocycles. The van der Waals surface area contributed by atoms with Crippen molar-refractivity contribution < 1.29 is 19.1 Å². The fraction of sp³-hybridized carbons (Fsp3) is 0.231. The van der Waals surface area contributed by atoms with Gasteiger partial charge in [-0.3, -0.25) is 9.69 Å². The number of carbonyl (C=O) groups is 2. The number of hydrogen-bond acceptors (Lipinski definition) is 4. The number of amides is 2. The van der Waals surface area contributed by atoms with E-state index in [9.17, 15) is 9.59 Å². The number of ether oxygens (including phenoxy) is 2. The van der Waals surface area contributed by atoms with Crippen LogP contribution < -0.4 is 10.1 Å². The molecule has 1 aliphatic heterocycles. The zero-order valence-corrected chi connectivity index (χ0v) is 17.7. The summed E-state index contributed by atoms with van der Waals surface area (Å²) in [5.74, 6) is 0.659. The summed E-state index contributed by atoms with van der Waals surface area (Å²) in [6.07, 6.45) is 1.70. The lowest BCUT2D eigenvalue weighted by atomic mass is 10.1. The maximum Gasteiger partial charge on any atom is 0.323 e. The van der Waals surface area contributed by atoms with Crippen molar-refractivity contribution in [3.63, 3.8) is 0 Å². The van der Waals surface area contributed by atoms with Gasteiger partial charge in [0, 0.05) is 11.3 Å². The fourth-order valence-corrected chi connectivity index (χ4v) is 3.69. The quantitative estimate of drug-likeness (QED) is 0.523. The Morgan fingerprint density at radius 2 is 1.69 bits per heavy atom. The van der Waals surface area contributed by atoms with Crippen LogP contribution in [0.25, 0.3) is 0 Å². The first-order chi connectivity index (χ1) is 15.7. The Kier molecular flexibility index (Phi) is 7.15. The fourth-order valence-electron chi connectivity index (χ4n) is 3.69. The number of hydrogen-bond donors (Lipinski definition) is 1. The topological polar surface area (TPSA) is 67.9 Å². The molecule has 3 aromatic carbocycles. The number of urea groups is 1. The molecule has 0 radical (unpaired) electrons. The van der Waals surface area contributed by atoms with Gasteiger partial charge in [-0.25, -0.2) is 4.79 Å². The molecule has 2 atom stereocenters. The van der Waals surface area contributed by atoms with Gasteiger partial charge < -0.3 is 14.8 Å². The predicted octanol–water partition coefficient (Wildman–Crippen LogP) is 4.77. The number of nitrogens with zero attached hydrogens (tertiary/aromatic N) is 1. The highest BCUT2D eigenvalue weighted by Crippen LogP contribution is 2.23. The van der Waals surface area contributed by atoms with Gasteiger partial charge in [0.25, 0.3) is 0 Å². The summed E-state index contributed by atoms with van der Waals surface area (Å²) >= 11 is 0. The van der Waals surface area contributed by atoms with Crippen LogP contribution in [0.3, 0.4) is 0 Å². The van der Waals surface area contributed by atoms with Gasteiger partial charge in [0.1, 0.15) is 31.0 Å². The van der Waals surface area contributed by atoms with Crippen molar-refractivity contribution in [1.82, 2.24) is 4.90 Å². The molecule has 0 unspecified atom stereocenters. The average molecular weight is 431 g/mol. The second kappa shape index (κ2) is 10.6. The molecule has 6 nitrogen and oxygen atoms in total. The van der Waals surface area contributed by atoms with Gasteiger partial charge in [-0.1, -0.05) is 48.5 Å². The lowest BCUT2D eigenvalue weighted by molar-refractivity contribution is -0.00776. The summed E-state index contributed by atoms with van der Waals surface area (Å²) in [6.45, 7) is 0.752. The van der Waals surface area contributed by atoms with E-state index in [0.717, 1.165) is 18.4 Å². The molecular weight excluding hydrogens is 404 g/mol. The number of para-hydroxylation sites is 1. The van der Waals surface area contributed by atoms with Crippen molar-refractivity contribution in [3.05, 3.63) is 96.1 Å². The monoisotopic (exact) mass is 430 g/mol. The van der Waals surface area contributed by atoms with Crippen molar-refractivity contribution >= 4 is 18.0 Å². The van der Waals surface area contributed by atoms with E-state index in [2.05, 4.69) is 17.4 Å². The van der Waals surface area contributed by atoms with Crippen molar-refractivity contribution in [1.29, 1.82) is 0 Å². The first-order valence-electron chi connectivity index (χ1n) is 10.7. The van der Waals surface area contributed by atoms with E-state index < -0.39 is 0 Å². The minimum atomic E-state index is -0.343. The van der Waals surface area contributed by atoms with Crippen LogP contribution >= 0.6 is 0 Å². The number of anilines is 1. The number of aryl methyl sites for hydroxylation is 1. The first-order valence-corrected chi connectivity index (χ1v) is 10.7. The third-order valence-corrected chi connectivity index (χ3v) is 5.36. The molecule has 3 aromatic rings. The van der Waals surface area contributed by atoms with E-state index in [1.54, 1.807) is 29.2 Å². The molecule has 0 bridgehead atoms. The van der Waals surface area contributed by atoms with Crippen LogP contribution in [0.1, 0.15) is 22.3 Å². The van der Waals surface area contributed by atoms with E-state index >= 15 is 0 Å². The summed E-state index contributed by atoms with van der Waals surface area (Å²) < 4.78 is 12.1. The largest absolute Gasteiger partial charge is 0.491 e. The van der Waals surface area contributed by atoms with Gasteiger partial charge in [-0.2, -0.15) is 0 Å². The predicted molar refractivity (Wildman–Crippen MR) is 123 cm³/mol. The van der Waals surface area contributed by atoms with Gasteiger partial charge in [0.2, 0.25) is 0 Å². The Balaban J connectivity index is 1.39. The molecule has 32 heavy (non-hydrogen) atoms. The van der Waals surface area contributed by atoms with Gasteiger partial charge in [-0.05, 0) is 54.8 Å². The average Bonchev–Trinajstić information content (AvgIpc) is 3.26. The zero-order valence-electron chi connectivity index (χ0n) is 17.7. The number of carbonyl (C=O) groups excluding carboxylic acids is 2. The van der Waals surface area contributed by atoms with Crippen LogP contribution in [0, 0.1) is 0 Å². The molecule has 1 heterocycles. The Morgan fingerprint density at radius 1 is 1.00 bits per heavy atom. The summed E-state index contributed by atoms with van der Waals surface area (Å²) in [4.78, 5) is 25.5. The molecule has 164 valence electrons. The van der Waals surface area contributed by atoms with Crippen molar-refractivity contribution in [2.24, 2.45) is 0 Å². The van der Waals surface area contributed by atoms with E-state index in [-0.39, 0.29) is 18.4 Å². The number of nitrogens with one attached hydrogen (secondary N) is 1. The maximum absolute atomic E-state index is 13.0. The van der Waals surface area contributed by atoms with Gasteiger partial charge in [0.15, 0.2) is 0 Å². The second-order valence-corrected chi connectivity index (χ2v) is 7.68. The Morgan fingerprint density at radius 3 is 2.38 bits per heavy atom. The standard InChI is InChI=1S/C26H26N2O4/c29-18-21-11-14-23(15-12-21)31-19-24-17-28(26(30)27-22-9-5-2-6-10-22)25(32-24)16-13-20-7-3-1-4-8-20/h1-12,14-15,18,24-25H,13,16-17,19H2,(H,27,30)/t24-,25-/m0/s1. The van der Waals surface area contributed by atoms with Crippen LogP contribution in [0.2, 0.25) is 0 Å². The van der Waals surface area contributed by atoms with E-state index in [0.29, 0.717) is 30.9 Å². The molecule has 1 saturated heterocycles. The number of benzene rings is 3. The highest BCUT2D eigenvalue weighted by atomic mass is 16.6. The molecule has 4 rings (SSSR count). The number of rotatable bonds is 8. The zero-order chi connectivity index (χ0) is 22.2. The normalized spacial score (nSPS) is 17.7. The summed E-state index contributed by atoms with van der Waals surface area (Å²) in [5, 5.41) is 2.95. The molecule has 6 heteroatoms. The molecule has 1 fully saturated rings. The molecule has 0 saturated carbocycles. The van der Waals surface area contributed by atoms with Crippen LogP contribution in [-0.2, 0) is 11.2 Å². The molecule has 1 aliphatic rings. The summed E-state index contributed by atoms with van der Waals surface area (Å²) in [7, 11) is 0. The first kappa shape index (κ1) is 21.6. The Bertz CT molecular complexity index is 1010. The summed E-state index contributed by atoms with van der Waals surface area (Å²) in [5.41, 5.74) is 2.54. The lowest BCUT2D eigenvalue weighted by Gasteiger charge is -2.23. The van der Waals surface area contributed by atoms with Crippen LogP contribution in [0.5, 0.6) is 5.75 Å². The smallest absolute Gasteiger partial charge is 0.323 e. The van der Waals surface area contributed by atoms with Crippen LogP contribution in [0.4, 0.5) is 10.5 Å². The van der Waals surface area contributed by atoms with Crippen molar-refractivity contribution in [2.75, 3.05) is 18.5 Å². The molecule has 0 aliphatic carbocycles. The number of aldehydes is 1. The molecule has 1 N–H and O–H groups in total. The lowest BCUT2D eigenvalue weighted by Crippen LogP contribution is -2.39. The van der Waals surface area contributed by atoms with Gasteiger partial charge >= 0.3 is 6.03 Å². The van der Waals surface area contributed by atoms with E-state index in [1.165, 1.54) is 5.56 Å². The summed E-state index contributed by atoms with van der Waals surface area (Å²) in [6, 6.07) is 26.3. The molecule has 0 spiro atoms. The van der Waals surface area contributed by atoms with Gasteiger partial charge in [-0.15, -0.1) is 0 Å². The minimum absolute atomic E-state index is 0.188. The molecular formula is C26H26N2O4. The highest BCUT2D eigenvalue weighted by molar-refractivity contribution is 5.89. The van der Waals surface area contributed by atoms with Gasteiger partial charge in [0.05, 0.1) is 6.54 Å². The Labute approximate surface area is 187 Å². The van der Waals surface area contributed by atoms with E-state index in [1.807, 2.05) is 48.5 Å². The Hall–Kier alpha value is -3.64. The second-order valence-electron chi connectivity index (χ2n) is 7.68.